The highest BCUT2D eigenvalue weighted by molar-refractivity contribution is 6.36. The maximum Gasteiger partial charge on any atom is 0.573 e. The number of imide groups is 2. The summed E-state index contributed by atoms with van der Waals surface area (Å²) in [5, 5.41) is 13.1. The van der Waals surface area contributed by atoms with Gasteiger partial charge in [0.05, 0.1) is 46.7 Å². The Morgan fingerprint density at radius 1 is 0.842 bits per heavy atom. The van der Waals surface area contributed by atoms with Gasteiger partial charge in [-0.05, 0) is 97.5 Å². The lowest BCUT2D eigenvalue weighted by molar-refractivity contribution is -0.274. The van der Waals surface area contributed by atoms with E-state index < -0.39 is 76.5 Å². The second-order valence-electron chi connectivity index (χ2n) is 14.4. The van der Waals surface area contributed by atoms with E-state index in [1.807, 2.05) is 0 Å². The largest absolute Gasteiger partial charge is 0.573 e. The molecule has 2 N–H and O–H groups in total. The Balaban J connectivity index is 1.35. The number of hydrogen-bond donors (Lipinski definition) is 2. The average Bonchev–Trinajstić information content (AvgIpc) is 3.54. The zero-order valence-electron chi connectivity index (χ0n) is 29.9. The van der Waals surface area contributed by atoms with Gasteiger partial charge in [-0.3, -0.25) is 24.6 Å². The molecule has 0 radical (unpaired) electrons. The van der Waals surface area contributed by atoms with E-state index in [0.29, 0.717) is 16.3 Å². The number of ether oxygens (including phenoxy) is 2. The highest BCUT2D eigenvalue weighted by Gasteiger charge is 2.71. The Hall–Kier alpha value is -5.24. The molecule has 16 heteroatoms. The number of nitrogens with zero attached hydrogens (tertiary/aromatic N) is 2. The summed E-state index contributed by atoms with van der Waals surface area (Å²) in [5.41, 5.74) is 2.52. The summed E-state index contributed by atoms with van der Waals surface area (Å²) in [7, 11) is 1.44. The number of amides is 4. The molecule has 4 aromatic rings. The first-order chi connectivity index (χ1) is 27.0. The zero-order valence-corrected chi connectivity index (χ0v) is 32.2. The van der Waals surface area contributed by atoms with Crippen molar-refractivity contribution in [1.82, 2.24) is 5.01 Å². The number of halogens is 6. The van der Waals surface area contributed by atoms with Gasteiger partial charge < -0.3 is 14.6 Å². The monoisotopic (exact) mass is 839 g/mol. The number of hydrogen-bond acceptors (Lipinski definition) is 8. The van der Waals surface area contributed by atoms with E-state index in [1.54, 1.807) is 49.4 Å². The van der Waals surface area contributed by atoms with Crippen LogP contribution < -0.4 is 19.8 Å². The van der Waals surface area contributed by atoms with E-state index >= 15 is 4.79 Å². The second kappa shape index (κ2) is 14.0. The number of anilines is 2. The van der Waals surface area contributed by atoms with E-state index in [1.165, 1.54) is 31.4 Å². The third kappa shape index (κ3) is 6.18. The third-order valence-corrected chi connectivity index (χ3v) is 12.5. The first kappa shape index (κ1) is 38.6. The number of hydrazine groups is 1. The number of phenolic OH excluding ortho intramolecular Hbond substituents is 1. The van der Waals surface area contributed by atoms with Crippen molar-refractivity contribution >= 4 is 69.8 Å². The number of aryl methyl sites for hydroxylation is 1. The summed E-state index contributed by atoms with van der Waals surface area (Å²) in [6, 6.07) is 18.4. The molecule has 6 unspecified atom stereocenters. The summed E-state index contributed by atoms with van der Waals surface area (Å²) in [6.45, 7) is 1.77. The minimum Gasteiger partial charge on any atom is -0.508 e. The molecule has 0 bridgehead atoms. The molecule has 8 rings (SSSR count). The zero-order chi connectivity index (χ0) is 40.7. The number of benzene rings is 4. The Labute approximate surface area is 338 Å². The van der Waals surface area contributed by atoms with E-state index in [9.17, 15) is 32.7 Å². The van der Waals surface area contributed by atoms with E-state index in [-0.39, 0.29) is 45.4 Å². The number of phenols is 1. The minimum absolute atomic E-state index is 0.0149. The topological polar surface area (TPSA) is 125 Å². The Kier molecular flexibility index (Phi) is 9.48. The Morgan fingerprint density at radius 3 is 2.23 bits per heavy atom. The van der Waals surface area contributed by atoms with Crippen LogP contribution in [-0.2, 0) is 24.6 Å². The minimum atomic E-state index is -5.12. The second-order valence-corrected chi connectivity index (χ2v) is 15.7. The smallest absolute Gasteiger partial charge is 0.508 e. The predicted octanol–water partition coefficient (Wildman–Crippen LogP) is 8.76. The van der Waals surface area contributed by atoms with E-state index in [0.717, 1.165) is 33.7 Å². The van der Waals surface area contributed by atoms with Gasteiger partial charge in [0.2, 0.25) is 11.8 Å². The van der Waals surface area contributed by atoms with Crippen LogP contribution in [-0.4, -0.2) is 47.2 Å². The average molecular weight is 841 g/mol. The van der Waals surface area contributed by atoms with E-state index in [2.05, 4.69) is 10.2 Å². The molecule has 0 aromatic heterocycles. The Morgan fingerprint density at radius 2 is 1.56 bits per heavy atom. The SMILES string of the molecule is COc1ccc(C23C(=O)N(Nc4ccc(Cl)cc4Cl)C(=O)C2CC2C(=CCC4C(=O)N(c5ccc(C)c(Cl)c5)C(=O)C42)C3c2cc(OC(F)(F)F)ccc2O)cc1. The molecule has 2 aliphatic carbocycles. The number of nitrogens with one attached hydrogen (secondary N) is 1. The van der Waals surface area contributed by atoms with Gasteiger partial charge in [0.1, 0.15) is 17.2 Å². The summed E-state index contributed by atoms with van der Waals surface area (Å²) >= 11 is 19.0. The fourth-order valence-corrected chi connectivity index (χ4v) is 9.75. The number of rotatable bonds is 7. The van der Waals surface area contributed by atoms with Gasteiger partial charge in [0.15, 0.2) is 0 Å². The van der Waals surface area contributed by atoms with Gasteiger partial charge in [0.25, 0.3) is 11.8 Å². The fourth-order valence-electron chi connectivity index (χ4n) is 9.12. The molecular formula is C41H31Cl3F3N3O7. The number of carbonyl (C=O) groups excluding carboxylic acids is 4. The number of allylic oxidation sites excluding steroid dienone is 2. The van der Waals surface area contributed by atoms with E-state index in [4.69, 9.17) is 39.5 Å². The van der Waals surface area contributed by atoms with Crippen molar-refractivity contribution in [2.75, 3.05) is 17.4 Å². The summed E-state index contributed by atoms with van der Waals surface area (Å²) in [6.07, 6.45) is -3.53. The van der Waals surface area contributed by atoms with Gasteiger partial charge >= 0.3 is 6.36 Å². The molecular weight excluding hydrogens is 810 g/mol. The number of fused-ring (bicyclic) bond motifs is 4. The molecule has 4 aromatic carbocycles. The molecule has 4 amide bonds. The maximum atomic E-state index is 15.4. The van der Waals surface area contributed by atoms with Crippen LogP contribution in [0.25, 0.3) is 0 Å². The lowest BCUT2D eigenvalue weighted by Crippen LogP contribution is -2.53. The molecule has 3 fully saturated rings. The van der Waals surface area contributed by atoms with Crippen LogP contribution in [0.3, 0.4) is 0 Å². The molecule has 1 saturated carbocycles. The van der Waals surface area contributed by atoms with Crippen molar-refractivity contribution in [3.8, 4) is 17.2 Å². The quantitative estimate of drug-likeness (QED) is 0.140. The van der Waals surface area contributed by atoms with Crippen LogP contribution in [0.5, 0.6) is 17.2 Å². The highest BCUT2D eigenvalue weighted by Crippen LogP contribution is 2.65. The van der Waals surface area contributed by atoms with Crippen molar-refractivity contribution in [1.29, 1.82) is 0 Å². The van der Waals surface area contributed by atoms with Gasteiger partial charge in [0, 0.05) is 21.5 Å². The molecule has 6 atom stereocenters. The number of aromatic hydroxyl groups is 1. The fraction of sp³-hybridized carbons (Fsp3) is 0.268. The van der Waals surface area contributed by atoms with Crippen LogP contribution in [0.15, 0.2) is 90.5 Å². The number of methoxy groups -OCH3 is 1. The van der Waals surface area contributed by atoms with Gasteiger partial charge in [-0.15, -0.1) is 13.2 Å². The summed E-state index contributed by atoms with van der Waals surface area (Å²) in [4.78, 5) is 60.1. The molecule has 2 aliphatic heterocycles. The van der Waals surface area contributed by atoms with Crippen LogP contribution in [0, 0.1) is 30.6 Å². The first-order valence-electron chi connectivity index (χ1n) is 17.7. The van der Waals surface area contributed by atoms with Crippen molar-refractivity contribution in [3.05, 3.63) is 122 Å². The molecule has 2 saturated heterocycles. The van der Waals surface area contributed by atoms with Gasteiger partial charge in [-0.2, -0.15) is 5.01 Å². The predicted molar refractivity (Wildman–Crippen MR) is 204 cm³/mol. The Bertz CT molecular complexity index is 2410. The molecule has 294 valence electrons. The number of alkyl halides is 3. The lowest BCUT2D eigenvalue weighted by Gasteiger charge is -2.50. The van der Waals surface area contributed by atoms with Crippen LogP contribution in [0.2, 0.25) is 15.1 Å². The normalized spacial score (nSPS) is 25.5. The van der Waals surface area contributed by atoms with Crippen molar-refractivity contribution < 1.29 is 46.9 Å². The molecule has 10 nitrogen and oxygen atoms in total. The first-order valence-corrected chi connectivity index (χ1v) is 18.9. The van der Waals surface area contributed by atoms with Gasteiger partial charge in [-0.1, -0.05) is 64.7 Å². The van der Waals surface area contributed by atoms with Crippen molar-refractivity contribution in [2.45, 2.75) is 37.5 Å². The van der Waals surface area contributed by atoms with Crippen LogP contribution in [0.4, 0.5) is 24.5 Å². The van der Waals surface area contributed by atoms with Crippen LogP contribution in [0.1, 0.15) is 35.4 Å². The van der Waals surface area contributed by atoms with Crippen molar-refractivity contribution in [2.24, 2.45) is 23.7 Å². The maximum absolute atomic E-state index is 15.4. The third-order valence-electron chi connectivity index (χ3n) is 11.5. The molecule has 0 spiro atoms. The van der Waals surface area contributed by atoms with Crippen molar-refractivity contribution in [3.63, 3.8) is 0 Å². The lowest BCUT2D eigenvalue weighted by atomic mass is 9.49. The standard InChI is InChI=1S/C41H31Cl3F3N3O7/c1-19-3-7-22(16-30(19)43)49-36(52)26-12-11-25-27(34(26)38(49)54)18-29-37(53)50(48-32-13-6-21(42)15-31(32)44)39(55)40(29,20-4-8-23(56-2)9-5-20)35(25)28-17-24(10-14-33(28)51)57-41(45,46)47/h3-11,13-17,26-27,29,34-35,48,51H,12,18H2,1-2H3. The van der Waals surface area contributed by atoms with Crippen LogP contribution >= 0.6 is 34.8 Å². The molecule has 57 heavy (non-hydrogen) atoms. The number of carbonyl (C=O) groups is 4. The summed E-state index contributed by atoms with van der Waals surface area (Å²) in [5.74, 6) is -8.87. The van der Waals surface area contributed by atoms with Gasteiger partial charge in [-0.25, -0.2) is 4.90 Å². The molecule has 4 aliphatic rings. The highest BCUT2D eigenvalue weighted by atomic mass is 35.5. The summed E-state index contributed by atoms with van der Waals surface area (Å²) < 4.78 is 50.7. The molecule has 2 heterocycles.